The summed E-state index contributed by atoms with van der Waals surface area (Å²) in [6.45, 7) is 5.35. The molecule has 7 aliphatic rings. The van der Waals surface area contributed by atoms with Gasteiger partial charge in [0.2, 0.25) is 6.79 Å². The topological polar surface area (TPSA) is 160 Å². The van der Waals surface area contributed by atoms with Gasteiger partial charge in [0, 0.05) is 47.5 Å². The molecule has 3 unspecified atom stereocenters. The number of methoxy groups -OCH3 is 2. The Labute approximate surface area is 322 Å². The molecule has 4 bridgehead atoms. The zero-order valence-electron chi connectivity index (χ0n) is 31.8. The summed E-state index contributed by atoms with van der Waals surface area (Å²) in [5.41, 5.74) is 4.48. The van der Waals surface area contributed by atoms with Gasteiger partial charge in [-0.05, 0) is 75.2 Å². The quantitative estimate of drug-likeness (QED) is 0.261. The highest BCUT2D eigenvalue weighted by Gasteiger charge is 2.62. The summed E-state index contributed by atoms with van der Waals surface area (Å²) in [4.78, 5) is 34.0. The van der Waals surface area contributed by atoms with Crippen molar-refractivity contribution in [1.82, 2.24) is 14.7 Å². The molecule has 2 saturated heterocycles. The Kier molecular flexibility index (Phi) is 8.44. The van der Waals surface area contributed by atoms with Crippen molar-refractivity contribution in [2.45, 2.75) is 74.8 Å². The van der Waals surface area contributed by atoms with Crippen molar-refractivity contribution >= 4 is 23.7 Å². The fraction of sp³-hybridized carbons (Fsp3) is 0.500. The first-order valence-electron chi connectivity index (χ1n) is 18.4. The second-order valence-corrected chi connectivity index (χ2v) is 16.5. The van der Waals surface area contributed by atoms with Crippen molar-refractivity contribution in [2.75, 3.05) is 54.0 Å². The molecule has 292 valence electrons. The van der Waals surface area contributed by atoms with E-state index in [0.29, 0.717) is 70.2 Å². The number of phenolic OH excluding ortho intramolecular Hbond substituents is 2. The summed E-state index contributed by atoms with van der Waals surface area (Å²) in [6, 6.07) is 3.19. The number of carbonyl (C=O) groups excluding carboxylic acids is 2. The molecular formula is C40H45N3O11S. The van der Waals surface area contributed by atoms with Gasteiger partial charge in [0.1, 0.15) is 18.6 Å². The number of likely N-dealkylation sites (N-methyl/N-ethyl adjacent to an activating group) is 2. The van der Waals surface area contributed by atoms with E-state index in [4.69, 9.17) is 28.4 Å². The van der Waals surface area contributed by atoms with Gasteiger partial charge in [0.25, 0.3) is 0 Å². The van der Waals surface area contributed by atoms with Crippen LogP contribution < -0.4 is 23.7 Å². The second-order valence-electron chi connectivity index (χ2n) is 15.4. The molecule has 1 spiro atoms. The number of rotatable bonds is 3. The number of esters is 2. The molecule has 2 fully saturated rings. The van der Waals surface area contributed by atoms with Crippen molar-refractivity contribution in [2.24, 2.45) is 0 Å². The van der Waals surface area contributed by atoms with E-state index >= 15 is 0 Å². The van der Waals surface area contributed by atoms with Crippen molar-refractivity contribution in [1.29, 1.82) is 0 Å². The third-order valence-corrected chi connectivity index (χ3v) is 14.2. The Hall–Kier alpha value is -4.41. The lowest BCUT2D eigenvalue weighted by Crippen LogP contribution is -2.70. The molecule has 0 aliphatic carbocycles. The molecule has 7 heterocycles. The lowest BCUT2D eigenvalue weighted by molar-refractivity contribution is -0.188. The normalized spacial score (nSPS) is 29.5. The molecule has 15 heteroatoms. The lowest BCUT2D eigenvalue weighted by atomic mass is 9.73. The van der Waals surface area contributed by atoms with E-state index in [-0.39, 0.29) is 42.4 Å². The predicted molar refractivity (Wildman–Crippen MR) is 199 cm³/mol. The van der Waals surface area contributed by atoms with Crippen LogP contribution in [0.3, 0.4) is 0 Å². The molecule has 0 aromatic heterocycles. The van der Waals surface area contributed by atoms with Gasteiger partial charge in [0.05, 0.1) is 37.6 Å². The first-order chi connectivity index (χ1) is 26.3. The predicted octanol–water partition coefficient (Wildman–Crippen LogP) is 3.76. The van der Waals surface area contributed by atoms with E-state index in [0.717, 1.165) is 16.7 Å². The van der Waals surface area contributed by atoms with Crippen LogP contribution in [-0.4, -0.2) is 114 Å². The standard InChI is InChI=1S/C40H45N3O11S/c1-17-10-21-11-23-38(47)43-24-14-51-39(48)40(22-13-26(49-6)25(45)12-20(22)8-9-41(40)4)15-55-37(31(43)30(42(23)5)27(21)32(46)33(17)50-7)29-28(24)36-35(52-16-53-36)18(2)34(29)54-19(3)44/h10,12-13,23-24,30-31,37-38,45-47H,8-9,11,14-16H2,1-7H3/t23?,24-,30?,31?,37-,38+,40-/m1/s1. The number of ether oxygens (including phenoxy) is 6. The highest BCUT2D eigenvalue weighted by molar-refractivity contribution is 7.99. The Morgan fingerprint density at radius 3 is 2.47 bits per heavy atom. The molecule has 0 radical (unpaired) electrons. The first kappa shape index (κ1) is 36.2. The van der Waals surface area contributed by atoms with Gasteiger partial charge in [-0.3, -0.25) is 19.5 Å². The second kappa shape index (κ2) is 12.8. The number of piperazine rings is 1. The molecular weight excluding hydrogens is 731 g/mol. The first-order valence-corrected chi connectivity index (χ1v) is 19.5. The number of thioether (sulfide) groups is 1. The summed E-state index contributed by atoms with van der Waals surface area (Å²) >= 11 is 1.49. The van der Waals surface area contributed by atoms with Crippen LogP contribution in [-0.2, 0) is 32.7 Å². The van der Waals surface area contributed by atoms with Crippen LogP contribution in [0.25, 0.3) is 0 Å². The number of phenols is 2. The number of carbonyl (C=O) groups is 2. The van der Waals surface area contributed by atoms with Crippen LogP contribution in [0.5, 0.6) is 40.2 Å². The number of aromatic hydroxyl groups is 2. The minimum atomic E-state index is -1.32. The van der Waals surface area contributed by atoms with Gasteiger partial charge < -0.3 is 43.7 Å². The van der Waals surface area contributed by atoms with Crippen molar-refractivity contribution < 1.29 is 53.3 Å². The number of benzene rings is 3. The number of nitrogens with zero attached hydrogens (tertiary/aromatic N) is 3. The van der Waals surface area contributed by atoms with Gasteiger partial charge >= 0.3 is 11.9 Å². The van der Waals surface area contributed by atoms with E-state index in [9.17, 15) is 24.9 Å². The van der Waals surface area contributed by atoms with Crippen molar-refractivity contribution in [3.8, 4) is 40.2 Å². The fourth-order valence-corrected chi connectivity index (χ4v) is 12.1. The van der Waals surface area contributed by atoms with E-state index in [1.165, 1.54) is 32.9 Å². The summed E-state index contributed by atoms with van der Waals surface area (Å²) in [5, 5.41) is 34.8. The lowest BCUT2D eigenvalue weighted by Gasteiger charge is -2.62. The summed E-state index contributed by atoms with van der Waals surface area (Å²) in [6.07, 6.45) is -0.00348. The molecule has 3 aromatic rings. The molecule has 0 saturated carbocycles. The minimum absolute atomic E-state index is 0.0155. The van der Waals surface area contributed by atoms with E-state index < -0.39 is 47.1 Å². The average Bonchev–Trinajstić information content (AvgIpc) is 3.64. The van der Waals surface area contributed by atoms with Crippen molar-refractivity contribution in [3.63, 3.8) is 0 Å². The fourth-order valence-electron chi connectivity index (χ4n) is 10.3. The van der Waals surface area contributed by atoms with E-state index in [2.05, 4.69) is 4.90 Å². The number of hydrogen-bond acceptors (Lipinski definition) is 15. The van der Waals surface area contributed by atoms with Gasteiger partial charge in [-0.1, -0.05) is 6.07 Å². The van der Waals surface area contributed by atoms with E-state index in [1.54, 1.807) is 12.1 Å². The van der Waals surface area contributed by atoms with Gasteiger partial charge in [0.15, 0.2) is 40.0 Å². The largest absolute Gasteiger partial charge is 0.504 e. The Morgan fingerprint density at radius 1 is 0.982 bits per heavy atom. The van der Waals surface area contributed by atoms with Crippen LogP contribution in [0.15, 0.2) is 18.2 Å². The number of aliphatic hydroxyl groups is 1. The zero-order chi connectivity index (χ0) is 38.8. The Bertz CT molecular complexity index is 2160. The SMILES string of the molecule is COc1cc2c(cc1O)CCN(C)[C@]21CS[C@@H]2c3c(OC(C)=O)c(C)c4c(c3[C@@H](COC1=O)N1C2C2c3c(cc(C)c(OC)c3O)CC([C@@H]1O)N2C)OCO4. The number of hydrogen-bond donors (Lipinski definition) is 3. The molecule has 7 atom stereocenters. The van der Waals surface area contributed by atoms with Crippen LogP contribution in [0.2, 0.25) is 0 Å². The smallest absolute Gasteiger partial charge is 0.332 e. The highest BCUT2D eigenvalue weighted by Crippen LogP contribution is 2.64. The molecule has 0 amide bonds. The number of aryl methyl sites for hydroxylation is 1. The van der Waals surface area contributed by atoms with Crippen LogP contribution >= 0.6 is 11.8 Å². The zero-order valence-corrected chi connectivity index (χ0v) is 32.6. The Morgan fingerprint density at radius 2 is 1.75 bits per heavy atom. The van der Waals surface area contributed by atoms with Crippen LogP contribution in [0, 0.1) is 13.8 Å². The molecule has 14 nitrogen and oxygen atoms in total. The van der Waals surface area contributed by atoms with Gasteiger partial charge in [-0.2, -0.15) is 0 Å². The minimum Gasteiger partial charge on any atom is -0.504 e. The maximum atomic E-state index is 14.9. The molecule has 3 aromatic carbocycles. The van der Waals surface area contributed by atoms with Crippen LogP contribution in [0.4, 0.5) is 0 Å². The molecule has 10 rings (SSSR count). The van der Waals surface area contributed by atoms with Crippen LogP contribution in [0.1, 0.15) is 68.8 Å². The third-order valence-electron chi connectivity index (χ3n) is 12.8. The van der Waals surface area contributed by atoms with Crippen molar-refractivity contribution in [3.05, 3.63) is 62.7 Å². The van der Waals surface area contributed by atoms with E-state index in [1.807, 2.05) is 43.8 Å². The Balaban J connectivity index is 1.33. The molecule has 3 N–H and O–H groups in total. The monoisotopic (exact) mass is 775 g/mol. The maximum absolute atomic E-state index is 14.9. The molecule has 7 aliphatic heterocycles. The third kappa shape index (κ3) is 4.89. The van der Waals surface area contributed by atoms with Gasteiger partial charge in [-0.15, -0.1) is 11.8 Å². The molecule has 55 heavy (non-hydrogen) atoms. The highest BCUT2D eigenvalue weighted by atomic mass is 32.2. The summed E-state index contributed by atoms with van der Waals surface area (Å²) in [5.74, 6) is 1.05. The summed E-state index contributed by atoms with van der Waals surface area (Å²) < 4.78 is 36.1. The number of aliphatic hydroxyl groups excluding tert-OH is 1. The summed E-state index contributed by atoms with van der Waals surface area (Å²) in [7, 11) is 6.87. The number of fused-ring (bicyclic) bond motifs is 9. The maximum Gasteiger partial charge on any atom is 0.332 e. The average molecular weight is 776 g/mol. The van der Waals surface area contributed by atoms with Gasteiger partial charge in [-0.25, -0.2) is 4.79 Å².